The Morgan fingerprint density at radius 2 is 2.14 bits per heavy atom. The molecule has 0 radical (unpaired) electrons. The topological polar surface area (TPSA) is 87.1 Å². The summed E-state index contributed by atoms with van der Waals surface area (Å²) in [5.41, 5.74) is 0.313. The van der Waals surface area contributed by atoms with Crippen LogP contribution in [0.1, 0.15) is 49.0 Å². The predicted octanol–water partition coefficient (Wildman–Crippen LogP) is 1.58. The average molecular weight is 292 g/mol. The summed E-state index contributed by atoms with van der Waals surface area (Å²) < 4.78 is 0. The normalized spacial score (nSPS) is 21.8. The van der Waals surface area contributed by atoms with Crippen molar-refractivity contribution in [3.8, 4) is 0 Å². The highest BCUT2D eigenvalue weighted by atomic mass is 16.3. The maximum absolute atomic E-state index is 11.3. The maximum Gasteiger partial charge on any atom is 0.271 e. The first kappa shape index (κ1) is 15.7. The Labute approximate surface area is 125 Å². The maximum atomic E-state index is 11.3. The first-order chi connectivity index (χ1) is 10.2. The third-order valence-electron chi connectivity index (χ3n) is 4.05. The average Bonchev–Trinajstić information content (AvgIpc) is 2.53. The van der Waals surface area contributed by atoms with Crippen LogP contribution in [-0.4, -0.2) is 40.9 Å². The molecule has 0 aromatic carbocycles. The number of hydrogen-bond acceptors (Lipinski definition) is 5. The fourth-order valence-electron chi connectivity index (χ4n) is 2.78. The van der Waals surface area contributed by atoms with Crippen molar-refractivity contribution in [2.24, 2.45) is 5.92 Å². The van der Waals surface area contributed by atoms with E-state index in [9.17, 15) is 9.90 Å². The van der Waals surface area contributed by atoms with Crippen LogP contribution < -0.4 is 10.6 Å². The molecule has 2 atom stereocenters. The fraction of sp³-hybridized carbons (Fsp3) is 0.667. The lowest BCUT2D eigenvalue weighted by Crippen LogP contribution is -2.24. The lowest BCUT2D eigenvalue weighted by molar-refractivity contribution is 0.0648. The van der Waals surface area contributed by atoms with Crippen molar-refractivity contribution in [2.75, 3.05) is 18.9 Å². The Balaban J connectivity index is 1.69. The van der Waals surface area contributed by atoms with Gasteiger partial charge in [-0.15, -0.1) is 10.2 Å². The van der Waals surface area contributed by atoms with E-state index in [-0.39, 0.29) is 12.0 Å². The van der Waals surface area contributed by atoms with Crippen LogP contribution >= 0.6 is 0 Å². The van der Waals surface area contributed by atoms with Crippen molar-refractivity contribution >= 4 is 11.7 Å². The number of aliphatic hydroxyl groups is 1. The van der Waals surface area contributed by atoms with Crippen molar-refractivity contribution in [2.45, 2.75) is 44.6 Å². The molecule has 0 aliphatic heterocycles. The van der Waals surface area contributed by atoms with Crippen molar-refractivity contribution in [3.63, 3.8) is 0 Å². The van der Waals surface area contributed by atoms with Gasteiger partial charge in [-0.25, -0.2) is 0 Å². The molecule has 2 unspecified atom stereocenters. The molecule has 1 amide bonds. The smallest absolute Gasteiger partial charge is 0.271 e. The Morgan fingerprint density at radius 1 is 1.33 bits per heavy atom. The molecule has 116 valence electrons. The minimum Gasteiger partial charge on any atom is -0.393 e. The number of aliphatic hydroxyl groups excluding tert-OH is 1. The van der Waals surface area contributed by atoms with Crippen molar-refractivity contribution < 1.29 is 9.90 Å². The van der Waals surface area contributed by atoms with E-state index in [1.165, 1.54) is 6.42 Å². The fourth-order valence-corrected chi connectivity index (χ4v) is 2.78. The summed E-state index contributed by atoms with van der Waals surface area (Å²) in [5, 5.41) is 23.5. The summed E-state index contributed by atoms with van der Waals surface area (Å²) in [7, 11) is 1.57. The van der Waals surface area contributed by atoms with Gasteiger partial charge in [0.2, 0.25) is 0 Å². The highest BCUT2D eigenvalue weighted by molar-refractivity contribution is 5.91. The Hall–Kier alpha value is -1.69. The van der Waals surface area contributed by atoms with Gasteiger partial charge in [0, 0.05) is 13.6 Å². The number of aromatic nitrogens is 2. The third-order valence-corrected chi connectivity index (χ3v) is 4.05. The number of carbonyl (C=O) groups is 1. The molecule has 0 bridgehead atoms. The zero-order valence-electron chi connectivity index (χ0n) is 12.5. The van der Waals surface area contributed by atoms with Crippen LogP contribution in [0.2, 0.25) is 0 Å². The third kappa shape index (κ3) is 4.67. The second kappa shape index (κ2) is 7.93. The van der Waals surface area contributed by atoms with Crippen LogP contribution in [0.25, 0.3) is 0 Å². The number of rotatable bonds is 6. The summed E-state index contributed by atoms with van der Waals surface area (Å²) in [6, 6.07) is 3.41. The molecule has 0 saturated heterocycles. The molecule has 1 aromatic rings. The Kier molecular flexibility index (Phi) is 5.92. The highest BCUT2D eigenvalue weighted by Gasteiger charge is 2.22. The van der Waals surface area contributed by atoms with Gasteiger partial charge in [0.25, 0.3) is 5.91 Å². The van der Waals surface area contributed by atoms with Crippen molar-refractivity contribution in [1.82, 2.24) is 15.5 Å². The number of carbonyl (C=O) groups excluding carboxylic acids is 1. The van der Waals surface area contributed by atoms with E-state index in [1.54, 1.807) is 19.2 Å². The molecule has 1 heterocycles. The van der Waals surface area contributed by atoms with Gasteiger partial charge in [-0.3, -0.25) is 4.79 Å². The van der Waals surface area contributed by atoms with Crippen LogP contribution in [-0.2, 0) is 0 Å². The molecule has 0 spiro atoms. The van der Waals surface area contributed by atoms with Crippen molar-refractivity contribution in [3.05, 3.63) is 17.8 Å². The van der Waals surface area contributed by atoms with Gasteiger partial charge in [0.05, 0.1) is 6.10 Å². The van der Waals surface area contributed by atoms with Crippen LogP contribution in [0.15, 0.2) is 12.1 Å². The number of amides is 1. The van der Waals surface area contributed by atoms with Gasteiger partial charge in [-0.1, -0.05) is 12.8 Å². The molecule has 1 aliphatic rings. The largest absolute Gasteiger partial charge is 0.393 e. The molecule has 1 aromatic heterocycles. The van der Waals surface area contributed by atoms with Gasteiger partial charge in [-0.2, -0.15) is 0 Å². The molecule has 3 N–H and O–H groups in total. The van der Waals surface area contributed by atoms with Crippen LogP contribution in [0.3, 0.4) is 0 Å². The standard InChI is InChI=1S/C15H24N4O2/c1-16-15(21)12-8-9-14(19-18-12)17-10-4-6-11-5-2-3-7-13(11)20/h8-9,11,13,20H,2-7,10H2,1H3,(H,16,21)(H,17,19). The van der Waals surface area contributed by atoms with Gasteiger partial charge >= 0.3 is 0 Å². The SMILES string of the molecule is CNC(=O)c1ccc(NCCCC2CCCCC2O)nn1. The van der Waals surface area contributed by atoms with E-state index in [4.69, 9.17) is 0 Å². The monoisotopic (exact) mass is 292 g/mol. The summed E-state index contributed by atoms with van der Waals surface area (Å²) in [5.74, 6) is 0.884. The summed E-state index contributed by atoms with van der Waals surface area (Å²) in [6.07, 6.45) is 6.40. The van der Waals surface area contributed by atoms with Gasteiger partial charge in [0.1, 0.15) is 5.82 Å². The number of nitrogens with one attached hydrogen (secondary N) is 2. The molecule has 1 aliphatic carbocycles. The van der Waals surface area contributed by atoms with Crippen LogP contribution in [0.5, 0.6) is 0 Å². The van der Waals surface area contributed by atoms with Gasteiger partial charge < -0.3 is 15.7 Å². The Bertz CT molecular complexity index is 449. The molecule has 2 rings (SSSR count). The summed E-state index contributed by atoms with van der Waals surface area (Å²) in [6.45, 7) is 0.803. The molecule has 1 fully saturated rings. The van der Waals surface area contributed by atoms with Gasteiger partial charge in [-0.05, 0) is 43.7 Å². The van der Waals surface area contributed by atoms with E-state index in [0.717, 1.165) is 38.6 Å². The first-order valence-corrected chi connectivity index (χ1v) is 7.68. The van der Waals surface area contributed by atoms with Crippen LogP contribution in [0.4, 0.5) is 5.82 Å². The van der Waals surface area contributed by atoms with E-state index in [0.29, 0.717) is 17.4 Å². The minimum absolute atomic E-state index is 0.120. The quantitative estimate of drug-likeness (QED) is 0.693. The lowest BCUT2D eigenvalue weighted by atomic mass is 9.83. The van der Waals surface area contributed by atoms with E-state index in [2.05, 4.69) is 20.8 Å². The van der Waals surface area contributed by atoms with E-state index >= 15 is 0 Å². The molecular weight excluding hydrogens is 268 g/mol. The minimum atomic E-state index is -0.236. The van der Waals surface area contributed by atoms with E-state index in [1.807, 2.05) is 0 Å². The second-order valence-electron chi connectivity index (χ2n) is 5.56. The second-order valence-corrected chi connectivity index (χ2v) is 5.56. The first-order valence-electron chi connectivity index (χ1n) is 7.68. The number of nitrogens with zero attached hydrogens (tertiary/aromatic N) is 2. The highest BCUT2D eigenvalue weighted by Crippen LogP contribution is 2.27. The molecular formula is C15H24N4O2. The van der Waals surface area contributed by atoms with Gasteiger partial charge in [0.15, 0.2) is 5.69 Å². The van der Waals surface area contributed by atoms with E-state index < -0.39 is 0 Å². The van der Waals surface area contributed by atoms with Crippen molar-refractivity contribution in [1.29, 1.82) is 0 Å². The zero-order chi connectivity index (χ0) is 15.1. The summed E-state index contributed by atoms with van der Waals surface area (Å²) >= 11 is 0. The number of anilines is 1. The molecule has 21 heavy (non-hydrogen) atoms. The molecule has 1 saturated carbocycles. The number of hydrogen-bond donors (Lipinski definition) is 3. The van der Waals surface area contributed by atoms with Crippen LogP contribution in [0, 0.1) is 5.92 Å². The lowest BCUT2D eigenvalue weighted by Gasteiger charge is -2.27. The predicted molar refractivity (Wildman–Crippen MR) is 81.1 cm³/mol. The molecule has 6 heteroatoms. The molecule has 6 nitrogen and oxygen atoms in total. The Morgan fingerprint density at radius 3 is 2.81 bits per heavy atom. The summed E-state index contributed by atoms with van der Waals surface area (Å²) in [4.78, 5) is 11.3. The zero-order valence-corrected chi connectivity index (χ0v) is 12.5.